The third kappa shape index (κ3) is 1.95. The van der Waals surface area contributed by atoms with Gasteiger partial charge in [0.05, 0.1) is 6.54 Å². The number of nitrogens with zero attached hydrogens (tertiary/aromatic N) is 4. The summed E-state index contributed by atoms with van der Waals surface area (Å²) in [4.78, 5) is 12.7. The molecule has 0 amide bonds. The Bertz CT molecular complexity index is 692. The fourth-order valence-corrected chi connectivity index (χ4v) is 2.15. The first-order valence-electron chi connectivity index (χ1n) is 5.40. The second-order valence-electron chi connectivity index (χ2n) is 3.91. The van der Waals surface area contributed by atoms with Crippen LogP contribution in [0.5, 0.6) is 0 Å². The molecule has 0 aliphatic carbocycles. The molecule has 0 saturated carbocycles. The summed E-state index contributed by atoms with van der Waals surface area (Å²) < 4.78 is 2.76. The summed E-state index contributed by atoms with van der Waals surface area (Å²) in [6.07, 6.45) is 5.29. The molecule has 0 aromatic carbocycles. The van der Waals surface area contributed by atoms with Gasteiger partial charge in [0, 0.05) is 23.1 Å². The average molecular weight is 304 g/mol. The van der Waals surface area contributed by atoms with Crippen LogP contribution in [-0.2, 0) is 6.54 Å². The zero-order valence-electron chi connectivity index (χ0n) is 9.42. The average Bonchev–Trinajstić information content (AvgIpc) is 2.66. The summed E-state index contributed by atoms with van der Waals surface area (Å²) in [5.41, 5.74) is 8.55. The van der Waals surface area contributed by atoms with E-state index in [-0.39, 0.29) is 0 Å². The molecule has 3 heterocycles. The molecule has 6 heteroatoms. The van der Waals surface area contributed by atoms with Crippen LogP contribution in [-0.4, -0.2) is 19.5 Å². The highest BCUT2D eigenvalue weighted by molar-refractivity contribution is 9.10. The van der Waals surface area contributed by atoms with Gasteiger partial charge in [-0.25, -0.2) is 9.97 Å². The fraction of sp³-hybridized carbons (Fsp3) is 0.0833. The first-order valence-corrected chi connectivity index (χ1v) is 6.19. The second-order valence-corrected chi connectivity index (χ2v) is 4.83. The largest absolute Gasteiger partial charge is 0.369 e. The van der Waals surface area contributed by atoms with Crippen molar-refractivity contribution in [2.24, 2.45) is 0 Å². The molecule has 0 radical (unpaired) electrons. The Hall–Kier alpha value is -1.95. The molecule has 5 nitrogen and oxygen atoms in total. The molecule has 0 bridgehead atoms. The van der Waals surface area contributed by atoms with E-state index in [4.69, 9.17) is 5.73 Å². The number of fused-ring (bicyclic) bond motifs is 1. The maximum Gasteiger partial charge on any atom is 0.202 e. The van der Waals surface area contributed by atoms with E-state index in [0.29, 0.717) is 12.5 Å². The van der Waals surface area contributed by atoms with Crippen molar-refractivity contribution in [2.45, 2.75) is 6.54 Å². The van der Waals surface area contributed by atoms with Crippen molar-refractivity contribution in [1.29, 1.82) is 0 Å². The second kappa shape index (κ2) is 4.38. The summed E-state index contributed by atoms with van der Waals surface area (Å²) in [5.74, 6) is 0.458. The van der Waals surface area contributed by atoms with E-state index in [1.54, 1.807) is 12.4 Å². The number of aromatic nitrogens is 4. The van der Waals surface area contributed by atoms with Crippen LogP contribution in [0.3, 0.4) is 0 Å². The lowest BCUT2D eigenvalue weighted by Gasteiger charge is -2.05. The molecule has 0 fully saturated rings. The lowest BCUT2D eigenvalue weighted by atomic mass is 10.3. The molecule has 0 saturated heterocycles. The van der Waals surface area contributed by atoms with E-state index < -0.39 is 0 Å². The van der Waals surface area contributed by atoms with Gasteiger partial charge in [-0.2, -0.15) is 0 Å². The van der Waals surface area contributed by atoms with Crippen LogP contribution >= 0.6 is 15.9 Å². The summed E-state index contributed by atoms with van der Waals surface area (Å²) in [5, 5.41) is 0. The third-order valence-electron chi connectivity index (χ3n) is 2.64. The Balaban J connectivity index is 2.09. The number of rotatable bonds is 2. The van der Waals surface area contributed by atoms with Crippen molar-refractivity contribution < 1.29 is 0 Å². The van der Waals surface area contributed by atoms with Crippen LogP contribution in [0.25, 0.3) is 11.2 Å². The van der Waals surface area contributed by atoms with Gasteiger partial charge < -0.3 is 5.73 Å². The molecule has 3 aromatic heterocycles. The van der Waals surface area contributed by atoms with Crippen LogP contribution in [0.15, 0.2) is 41.3 Å². The van der Waals surface area contributed by atoms with E-state index in [1.807, 2.05) is 29.0 Å². The van der Waals surface area contributed by atoms with Crippen molar-refractivity contribution in [3.63, 3.8) is 0 Å². The summed E-state index contributed by atoms with van der Waals surface area (Å²) >= 11 is 3.37. The minimum Gasteiger partial charge on any atom is -0.369 e. The summed E-state index contributed by atoms with van der Waals surface area (Å²) in [6, 6.07) is 5.80. The minimum absolute atomic E-state index is 0.458. The Labute approximate surface area is 112 Å². The van der Waals surface area contributed by atoms with Gasteiger partial charge in [0.15, 0.2) is 5.65 Å². The topological polar surface area (TPSA) is 69.6 Å². The highest BCUT2D eigenvalue weighted by Crippen LogP contribution is 2.20. The Morgan fingerprint density at radius 2 is 2.22 bits per heavy atom. The van der Waals surface area contributed by atoms with Crippen LogP contribution < -0.4 is 5.73 Å². The number of hydrogen-bond donors (Lipinski definition) is 1. The van der Waals surface area contributed by atoms with Gasteiger partial charge in [0.25, 0.3) is 0 Å². The van der Waals surface area contributed by atoms with Crippen molar-refractivity contribution in [3.8, 4) is 0 Å². The highest BCUT2D eigenvalue weighted by Gasteiger charge is 2.10. The number of hydrogen-bond acceptors (Lipinski definition) is 4. The molecule has 90 valence electrons. The number of nitrogens with two attached hydrogens (primary N) is 1. The molecule has 3 aromatic rings. The van der Waals surface area contributed by atoms with Gasteiger partial charge >= 0.3 is 0 Å². The predicted molar refractivity (Wildman–Crippen MR) is 73.0 cm³/mol. The Morgan fingerprint density at radius 3 is 3.00 bits per heavy atom. The molecule has 0 unspecified atom stereocenters. The lowest BCUT2D eigenvalue weighted by Crippen LogP contribution is -2.05. The minimum atomic E-state index is 0.458. The Kier molecular flexibility index (Phi) is 2.71. The quantitative estimate of drug-likeness (QED) is 0.788. The van der Waals surface area contributed by atoms with E-state index in [9.17, 15) is 0 Å². The number of nitrogen functional groups attached to an aromatic ring is 1. The van der Waals surface area contributed by atoms with Crippen molar-refractivity contribution in [1.82, 2.24) is 19.5 Å². The molecular formula is C12H10BrN5. The van der Waals surface area contributed by atoms with Crippen molar-refractivity contribution in [2.75, 3.05) is 5.73 Å². The van der Waals surface area contributed by atoms with Crippen LogP contribution in [0.1, 0.15) is 5.56 Å². The smallest absolute Gasteiger partial charge is 0.202 e. The Morgan fingerprint density at radius 1 is 1.33 bits per heavy atom. The lowest BCUT2D eigenvalue weighted by molar-refractivity contribution is 0.823. The summed E-state index contributed by atoms with van der Waals surface area (Å²) in [7, 11) is 0. The first kappa shape index (κ1) is 11.2. The van der Waals surface area contributed by atoms with Gasteiger partial charge in [0.1, 0.15) is 5.52 Å². The first-order chi connectivity index (χ1) is 8.74. The van der Waals surface area contributed by atoms with Crippen LogP contribution in [0.2, 0.25) is 0 Å². The number of pyridine rings is 2. The number of anilines is 1. The van der Waals surface area contributed by atoms with Gasteiger partial charge in [0.2, 0.25) is 5.95 Å². The highest BCUT2D eigenvalue weighted by atomic mass is 79.9. The fourth-order valence-electron chi connectivity index (χ4n) is 1.83. The van der Waals surface area contributed by atoms with Crippen molar-refractivity contribution in [3.05, 3.63) is 46.8 Å². The molecule has 0 spiro atoms. The zero-order valence-corrected chi connectivity index (χ0v) is 11.0. The van der Waals surface area contributed by atoms with E-state index in [0.717, 1.165) is 21.2 Å². The summed E-state index contributed by atoms with van der Waals surface area (Å²) in [6.45, 7) is 0.616. The van der Waals surface area contributed by atoms with Gasteiger partial charge in [-0.15, -0.1) is 0 Å². The molecule has 0 atom stereocenters. The molecule has 0 aliphatic heterocycles. The van der Waals surface area contributed by atoms with E-state index in [2.05, 4.69) is 30.9 Å². The monoisotopic (exact) mass is 303 g/mol. The van der Waals surface area contributed by atoms with E-state index >= 15 is 0 Å². The molecule has 0 aliphatic rings. The molecule has 18 heavy (non-hydrogen) atoms. The number of halogens is 1. The molecular weight excluding hydrogens is 294 g/mol. The molecule has 3 rings (SSSR count). The normalized spacial score (nSPS) is 10.9. The standard InChI is InChI=1S/C12H10BrN5/c13-9-4-10-11(16-6-9)18(12(14)17-10)7-8-2-1-3-15-5-8/h1-6H,7H2,(H2,14,17). The van der Waals surface area contributed by atoms with Gasteiger partial charge in [-0.3, -0.25) is 9.55 Å². The van der Waals surface area contributed by atoms with Gasteiger partial charge in [-0.1, -0.05) is 6.07 Å². The maximum atomic E-state index is 5.93. The van der Waals surface area contributed by atoms with Crippen LogP contribution in [0, 0.1) is 0 Å². The maximum absolute atomic E-state index is 5.93. The van der Waals surface area contributed by atoms with E-state index in [1.165, 1.54) is 0 Å². The predicted octanol–water partition coefficient (Wildman–Crippen LogP) is 2.22. The van der Waals surface area contributed by atoms with Gasteiger partial charge in [-0.05, 0) is 33.6 Å². The zero-order chi connectivity index (χ0) is 12.5. The van der Waals surface area contributed by atoms with Crippen LogP contribution in [0.4, 0.5) is 5.95 Å². The molecule has 2 N–H and O–H groups in total. The number of imidazole rings is 1. The third-order valence-corrected chi connectivity index (χ3v) is 3.08. The SMILES string of the molecule is Nc1nc2cc(Br)cnc2n1Cc1cccnc1. The van der Waals surface area contributed by atoms with Crippen molar-refractivity contribution >= 4 is 33.0 Å².